The first-order chi connectivity index (χ1) is 14.2. The molecule has 1 aliphatic heterocycles. The average Bonchev–Trinajstić information content (AvgIpc) is 2.60. The van der Waals surface area contributed by atoms with Gasteiger partial charge in [-0.25, -0.2) is 4.98 Å². The Morgan fingerprint density at radius 3 is 2.48 bits per heavy atom. The van der Waals surface area contributed by atoms with Gasteiger partial charge in [0.15, 0.2) is 5.75 Å². The third kappa shape index (κ3) is 5.37. The highest BCUT2D eigenvalue weighted by Crippen LogP contribution is 2.50. The van der Waals surface area contributed by atoms with Crippen LogP contribution in [0.3, 0.4) is 0 Å². The number of halogens is 2. The highest BCUT2D eigenvalue weighted by atomic mass is 79.9. The van der Waals surface area contributed by atoms with Crippen LogP contribution in [0, 0.1) is 0 Å². The molecule has 0 amide bonds. The maximum atomic E-state index is 13.3. The van der Waals surface area contributed by atoms with Crippen molar-refractivity contribution in [3.05, 3.63) is 51.2 Å². The number of pyridine rings is 1. The molecule has 0 saturated heterocycles. The van der Waals surface area contributed by atoms with Crippen LogP contribution in [0.1, 0.15) is 59.1 Å². The highest BCUT2D eigenvalue weighted by Gasteiger charge is 2.50. The monoisotopic (exact) mass is 528 g/mol. The van der Waals surface area contributed by atoms with Gasteiger partial charge in [-0.15, -0.1) is 4.72 Å². The Morgan fingerprint density at radius 2 is 1.87 bits per heavy atom. The lowest BCUT2D eigenvalue weighted by Crippen LogP contribution is -2.54. The van der Waals surface area contributed by atoms with Crippen molar-refractivity contribution in [2.24, 2.45) is 0 Å². The molecule has 31 heavy (non-hydrogen) atoms. The molecule has 1 unspecified atom stereocenters. The molecule has 6 nitrogen and oxygen atoms in total. The number of carbonyl (C=O) groups excluding carboxylic acids is 1. The molecule has 0 saturated carbocycles. The molecule has 1 N–H and O–H groups in total. The summed E-state index contributed by atoms with van der Waals surface area (Å²) in [5.41, 5.74) is -0.660. The van der Waals surface area contributed by atoms with Gasteiger partial charge in [-0.2, -0.15) is 0 Å². The van der Waals surface area contributed by atoms with Crippen LogP contribution in [-0.2, 0) is 26.4 Å². The smallest absolute Gasteiger partial charge is 0.309 e. The van der Waals surface area contributed by atoms with Crippen molar-refractivity contribution >= 4 is 44.9 Å². The van der Waals surface area contributed by atoms with Gasteiger partial charge in [-0.05, 0) is 65.8 Å². The summed E-state index contributed by atoms with van der Waals surface area (Å²) in [5.74, 6) is 0.514. The minimum Gasteiger partial charge on any atom is -0.598 e. The molecule has 0 aliphatic carbocycles. The molecule has 0 spiro atoms. The Bertz CT molecular complexity index is 952. The Labute approximate surface area is 199 Å². The van der Waals surface area contributed by atoms with E-state index in [1.807, 2.05) is 53.7 Å². The van der Waals surface area contributed by atoms with Gasteiger partial charge >= 0.3 is 5.97 Å². The van der Waals surface area contributed by atoms with Gasteiger partial charge in [-0.1, -0.05) is 27.5 Å². The van der Waals surface area contributed by atoms with Crippen molar-refractivity contribution in [1.29, 1.82) is 0 Å². The number of fused-ring (bicyclic) bond motifs is 2. The first-order valence-electron chi connectivity index (χ1n) is 9.77. The standard InChI is InChI=1S/C22H26BrClN2O4S/c1-20(2,3)30-19(27)11-22(26-31(28)21(4,5)6)14-9-13(23)7-8-16(14)29-17-12-25-18(24)10-15(17)22/h7-10,12,26H,11H2,1-6H3/t22-,31?/m1/s1. The summed E-state index contributed by atoms with van der Waals surface area (Å²) in [6.07, 6.45) is 1.39. The summed E-state index contributed by atoms with van der Waals surface area (Å²) >= 11 is 8.21. The van der Waals surface area contributed by atoms with Crippen molar-refractivity contribution in [3.63, 3.8) is 0 Å². The van der Waals surface area contributed by atoms with Crippen LogP contribution in [0.25, 0.3) is 0 Å². The zero-order valence-corrected chi connectivity index (χ0v) is 21.5. The van der Waals surface area contributed by atoms with E-state index in [1.54, 1.807) is 12.1 Å². The maximum absolute atomic E-state index is 13.3. The number of nitrogens with zero attached hydrogens (tertiary/aromatic N) is 1. The van der Waals surface area contributed by atoms with Gasteiger partial charge in [0.25, 0.3) is 0 Å². The van der Waals surface area contributed by atoms with Gasteiger partial charge in [0.2, 0.25) is 0 Å². The first kappa shape index (κ1) is 24.3. The van der Waals surface area contributed by atoms with E-state index < -0.39 is 33.2 Å². The van der Waals surface area contributed by atoms with E-state index in [0.29, 0.717) is 22.6 Å². The number of rotatable bonds is 4. The van der Waals surface area contributed by atoms with Gasteiger partial charge in [0.1, 0.15) is 26.8 Å². The molecular weight excluding hydrogens is 504 g/mol. The van der Waals surface area contributed by atoms with Crippen LogP contribution in [0.15, 0.2) is 34.9 Å². The van der Waals surface area contributed by atoms with Crippen molar-refractivity contribution in [3.8, 4) is 11.5 Å². The number of benzene rings is 1. The predicted octanol–water partition coefficient (Wildman–Crippen LogP) is 5.63. The van der Waals surface area contributed by atoms with Crippen molar-refractivity contribution in [1.82, 2.24) is 9.71 Å². The van der Waals surface area contributed by atoms with Crippen molar-refractivity contribution < 1.29 is 18.8 Å². The molecule has 168 valence electrons. The molecule has 1 aromatic carbocycles. The molecule has 0 bridgehead atoms. The molecular formula is C22H26BrClN2O4S. The van der Waals surface area contributed by atoms with Crippen LogP contribution < -0.4 is 9.46 Å². The lowest BCUT2D eigenvalue weighted by Gasteiger charge is -2.41. The third-order valence-corrected chi connectivity index (χ3v) is 6.91. The van der Waals surface area contributed by atoms with Crippen molar-refractivity contribution in [2.75, 3.05) is 0 Å². The average molecular weight is 530 g/mol. The van der Waals surface area contributed by atoms with E-state index in [2.05, 4.69) is 25.6 Å². The van der Waals surface area contributed by atoms with Gasteiger partial charge in [0.05, 0.1) is 12.6 Å². The van der Waals surface area contributed by atoms with E-state index in [9.17, 15) is 9.35 Å². The Hall–Kier alpha value is -1.32. The van der Waals surface area contributed by atoms with Gasteiger partial charge < -0.3 is 14.0 Å². The zero-order valence-electron chi connectivity index (χ0n) is 18.3. The third-order valence-electron chi connectivity index (χ3n) is 4.57. The number of hydrogen-bond acceptors (Lipinski definition) is 6. The van der Waals surface area contributed by atoms with E-state index >= 15 is 0 Å². The van der Waals surface area contributed by atoms with Gasteiger partial charge in [0, 0.05) is 27.0 Å². The summed E-state index contributed by atoms with van der Waals surface area (Å²) in [6, 6.07) is 7.12. The fraction of sp³-hybridized carbons (Fsp3) is 0.455. The molecule has 9 heteroatoms. The fourth-order valence-corrected chi connectivity index (χ4v) is 4.70. The topological polar surface area (TPSA) is 83.5 Å². The summed E-state index contributed by atoms with van der Waals surface area (Å²) < 4.78 is 28.5. The van der Waals surface area contributed by atoms with Crippen molar-refractivity contribution in [2.45, 2.75) is 63.9 Å². The molecule has 2 aromatic rings. The normalized spacial score (nSPS) is 19.1. The summed E-state index contributed by atoms with van der Waals surface area (Å²) in [7, 11) is 0. The maximum Gasteiger partial charge on any atom is 0.309 e. The molecule has 1 aromatic heterocycles. The molecule has 0 radical (unpaired) electrons. The molecule has 1 aliphatic rings. The van der Waals surface area contributed by atoms with Gasteiger partial charge in [-0.3, -0.25) is 4.79 Å². The first-order valence-corrected chi connectivity index (χ1v) is 12.1. The van der Waals surface area contributed by atoms with Crippen LogP contribution >= 0.6 is 27.5 Å². The molecule has 2 heterocycles. The van der Waals surface area contributed by atoms with Crippen LogP contribution in [0.2, 0.25) is 5.15 Å². The Kier molecular flexibility index (Phi) is 6.71. The lowest BCUT2D eigenvalue weighted by molar-refractivity contribution is -0.156. The number of hydrogen-bond donors (Lipinski definition) is 1. The second kappa shape index (κ2) is 8.56. The van der Waals surface area contributed by atoms with Crippen LogP contribution in [0.5, 0.6) is 11.5 Å². The lowest BCUT2D eigenvalue weighted by atomic mass is 9.79. The van der Waals surface area contributed by atoms with E-state index in [4.69, 9.17) is 21.1 Å². The number of aromatic nitrogens is 1. The molecule has 3 rings (SSSR count). The Balaban J connectivity index is 2.26. The number of ether oxygens (including phenoxy) is 2. The second-order valence-electron chi connectivity index (χ2n) is 9.40. The van der Waals surface area contributed by atoms with E-state index in [-0.39, 0.29) is 11.6 Å². The SMILES string of the molecule is CC(C)(C)OC(=O)C[C@@]1(N[S+]([O-])C(C)(C)C)c2cc(Br)ccc2Oc2cnc(Cl)cc21. The van der Waals surface area contributed by atoms with Crippen LogP contribution in [0.4, 0.5) is 0 Å². The predicted molar refractivity (Wildman–Crippen MR) is 126 cm³/mol. The quantitative estimate of drug-likeness (QED) is 0.314. The fourth-order valence-electron chi connectivity index (χ4n) is 3.26. The molecule has 0 fully saturated rings. The van der Waals surface area contributed by atoms with E-state index in [1.165, 1.54) is 6.20 Å². The highest BCUT2D eigenvalue weighted by molar-refractivity contribution is 9.10. The largest absolute Gasteiger partial charge is 0.598 e. The summed E-state index contributed by atoms with van der Waals surface area (Å²) in [5, 5.41) is 0.234. The minimum absolute atomic E-state index is 0.119. The minimum atomic E-state index is -1.53. The Morgan fingerprint density at radius 1 is 1.23 bits per heavy atom. The number of esters is 1. The second-order valence-corrected chi connectivity index (χ2v) is 12.7. The molecule has 2 atom stereocenters. The van der Waals surface area contributed by atoms with Crippen LogP contribution in [-0.4, -0.2) is 25.9 Å². The number of carbonyl (C=O) groups is 1. The zero-order chi connectivity index (χ0) is 23.2. The summed E-state index contributed by atoms with van der Waals surface area (Å²) in [6.45, 7) is 11.0. The van der Waals surface area contributed by atoms with E-state index in [0.717, 1.165) is 4.47 Å². The number of nitrogens with one attached hydrogen (secondary N) is 1. The summed E-state index contributed by atoms with van der Waals surface area (Å²) in [4.78, 5) is 17.2.